The van der Waals surface area contributed by atoms with Gasteiger partial charge in [-0.15, -0.1) is 5.10 Å². The van der Waals surface area contributed by atoms with E-state index < -0.39 is 0 Å². The van der Waals surface area contributed by atoms with Gasteiger partial charge < -0.3 is 9.84 Å². The third kappa shape index (κ3) is 3.45. The summed E-state index contributed by atoms with van der Waals surface area (Å²) < 4.78 is 7.13. The number of nitrogens with zero attached hydrogens (tertiary/aromatic N) is 5. The first-order valence-electron chi connectivity index (χ1n) is 7.62. The Morgan fingerprint density at radius 1 is 1.26 bits per heavy atom. The van der Waals surface area contributed by atoms with E-state index in [0.717, 1.165) is 23.5 Å². The van der Waals surface area contributed by atoms with Crippen molar-refractivity contribution in [3.8, 4) is 5.69 Å². The molecule has 23 heavy (non-hydrogen) atoms. The third-order valence-corrected chi connectivity index (χ3v) is 3.80. The second-order valence-electron chi connectivity index (χ2n) is 5.54. The van der Waals surface area contributed by atoms with Crippen LogP contribution in [-0.2, 0) is 12.8 Å². The minimum Gasteiger partial charge on any atom is -0.339 e. The minimum absolute atomic E-state index is 0.307. The molecule has 0 bridgehead atoms. The predicted octanol–water partition coefficient (Wildman–Crippen LogP) is 1.70. The molecule has 0 saturated carbocycles. The van der Waals surface area contributed by atoms with E-state index in [2.05, 4.69) is 32.7 Å². The maximum Gasteiger partial charge on any atom is 0.232 e. The number of aromatic nitrogens is 5. The van der Waals surface area contributed by atoms with Crippen molar-refractivity contribution < 1.29 is 4.52 Å². The molecule has 1 N–H and O–H groups in total. The van der Waals surface area contributed by atoms with E-state index in [-0.39, 0.29) is 0 Å². The van der Waals surface area contributed by atoms with E-state index in [4.69, 9.17) is 4.52 Å². The van der Waals surface area contributed by atoms with Crippen molar-refractivity contribution in [3.05, 3.63) is 53.4 Å². The Morgan fingerprint density at radius 2 is 2.04 bits per heavy atom. The molecule has 0 saturated heterocycles. The third-order valence-electron chi connectivity index (χ3n) is 3.80. The van der Waals surface area contributed by atoms with Gasteiger partial charge in [-0.2, -0.15) is 4.98 Å². The average Bonchev–Trinajstić information content (AvgIpc) is 3.16. The summed E-state index contributed by atoms with van der Waals surface area (Å²) in [6, 6.07) is 10.2. The Labute approximate surface area is 134 Å². The van der Waals surface area contributed by atoms with Crippen LogP contribution >= 0.6 is 0 Å². The van der Waals surface area contributed by atoms with Gasteiger partial charge in [-0.3, -0.25) is 0 Å². The fourth-order valence-electron chi connectivity index (χ4n) is 2.30. The highest BCUT2D eigenvalue weighted by Gasteiger charge is 2.15. The highest BCUT2D eigenvalue weighted by Crippen LogP contribution is 2.14. The quantitative estimate of drug-likeness (QED) is 0.746. The number of likely N-dealkylation sites (N-methyl/N-ethyl adjacent to an activating group) is 1. The molecule has 2 aromatic heterocycles. The highest BCUT2D eigenvalue weighted by atomic mass is 16.5. The zero-order valence-corrected chi connectivity index (χ0v) is 13.5. The summed E-state index contributed by atoms with van der Waals surface area (Å²) in [4.78, 5) is 4.42. The summed E-state index contributed by atoms with van der Waals surface area (Å²) in [5, 5.41) is 15.6. The van der Waals surface area contributed by atoms with Crippen LogP contribution in [0.5, 0.6) is 0 Å². The largest absolute Gasteiger partial charge is 0.339 e. The molecule has 7 heteroatoms. The van der Waals surface area contributed by atoms with Crippen LogP contribution in [0, 0.1) is 6.92 Å². The van der Waals surface area contributed by atoms with Crippen molar-refractivity contribution in [1.29, 1.82) is 0 Å². The zero-order chi connectivity index (χ0) is 16.2. The first-order chi connectivity index (χ1) is 11.2. The first kappa shape index (κ1) is 15.4. The minimum atomic E-state index is 0.307. The van der Waals surface area contributed by atoms with E-state index in [1.807, 2.05) is 49.0 Å². The zero-order valence-electron chi connectivity index (χ0n) is 13.5. The fourth-order valence-corrected chi connectivity index (χ4v) is 2.30. The van der Waals surface area contributed by atoms with E-state index in [1.165, 1.54) is 0 Å². The molecule has 3 aromatic rings. The van der Waals surface area contributed by atoms with Gasteiger partial charge >= 0.3 is 0 Å². The van der Waals surface area contributed by atoms with E-state index >= 15 is 0 Å². The van der Waals surface area contributed by atoms with Crippen molar-refractivity contribution in [2.24, 2.45) is 0 Å². The number of hydrogen-bond donors (Lipinski definition) is 1. The van der Waals surface area contributed by atoms with Gasteiger partial charge in [0.25, 0.3) is 0 Å². The summed E-state index contributed by atoms with van der Waals surface area (Å²) in [6.07, 6.45) is 1.22. The molecule has 0 fully saturated rings. The number of hydrogen-bond acceptors (Lipinski definition) is 6. The number of para-hydroxylation sites is 1. The molecule has 0 amide bonds. The smallest absolute Gasteiger partial charge is 0.232 e. The molecule has 0 aliphatic rings. The molecular weight excluding hydrogens is 292 g/mol. The lowest BCUT2D eigenvalue weighted by Gasteiger charge is -2.04. The van der Waals surface area contributed by atoms with Crippen LogP contribution < -0.4 is 5.32 Å². The van der Waals surface area contributed by atoms with Gasteiger partial charge in [0.05, 0.1) is 23.5 Å². The topological polar surface area (TPSA) is 81.7 Å². The average molecular weight is 312 g/mol. The van der Waals surface area contributed by atoms with Crippen LogP contribution in [0.2, 0.25) is 0 Å². The molecule has 120 valence electrons. The molecule has 0 spiro atoms. The molecule has 3 rings (SSSR count). The van der Waals surface area contributed by atoms with Crippen LogP contribution in [0.3, 0.4) is 0 Å². The maximum absolute atomic E-state index is 5.32. The second-order valence-corrected chi connectivity index (χ2v) is 5.54. The Morgan fingerprint density at radius 3 is 2.78 bits per heavy atom. The summed E-state index contributed by atoms with van der Waals surface area (Å²) in [5.74, 6) is 1.27. The van der Waals surface area contributed by atoms with Gasteiger partial charge in [0.2, 0.25) is 5.89 Å². The lowest BCUT2D eigenvalue weighted by Crippen LogP contribution is -2.24. The van der Waals surface area contributed by atoms with Crippen LogP contribution in [0.25, 0.3) is 5.69 Å². The molecule has 1 atom stereocenters. The van der Waals surface area contributed by atoms with Crippen molar-refractivity contribution in [2.75, 3.05) is 7.05 Å². The van der Waals surface area contributed by atoms with Crippen LogP contribution in [-0.4, -0.2) is 38.2 Å². The summed E-state index contributed by atoms with van der Waals surface area (Å²) in [5.41, 5.74) is 2.79. The Balaban J connectivity index is 1.75. The summed E-state index contributed by atoms with van der Waals surface area (Å²) >= 11 is 0. The van der Waals surface area contributed by atoms with Crippen molar-refractivity contribution in [2.45, 2.75) is 32.7 Å². The summed E-state index contributed by atoms with van der Waals surface area (Å²) in [6.45, 7) is 4.06. The standard InChI is InChI=1S/C16H20N6O/c1-11(17-3)9-15-18-16(23-20-15)10-14-12(2)22(21-19-14)13-7-5-4-6-8-13/h4-8,11,17H,9-10H2,1-3H3. The lowest BCUT2D eigenvalue weighted by molar-refractivity contribution is 0.376. The van der Waals surface area contributed by atoms with E-state index in [1.54, 1.807) is 0 Å². The molecule has 1 aromatic carbocycles. The van der Waals surface area contributed by atoms with Gasteiger partial charge in [-0.1, -0.05) is 28.6 Å². The predicted molar refractivity (Wildman–Crippen MR) is 85.4 cm³/mol. The SMILES string of the molecule is CNC(C)Cc1noc(Cc2nnn(-c3ccccc3)c2C)n1. The maximum atomic E-state index is 5.32. The molecule has 0 aliphatic heterocycles. The Hall–Kier alpha value is -2.54. The number of nitrogens with one attached hydrogen (secondary N) is 1. The highest BCUT2D eigenvalue weighted by molar-refractivity contribution is 5.33. The summed E-state index contributed by atoms with van der Waals surface area (Å²) in [7, 11) is 1.91. The van der Waals surface area contributed by atoms with Gasteiger partial charge in [-0.25, -0.2) is 4.68 Å². The molecule has 2 heterocycles. The Bertz CT molecular complexity index is 764. The normalized spacial score (nSPS) is 12.5. The lowest BCUT2D eigenvalue weighted by atomic mass is 10.2. The van der Waals surface area contributed by atoms with Gasteiger partial charge in [0.15, 0.2) is 5.82 Å². The van der Waals surface area contributed by atoms with Gasteiger partial charge in [0, 0.05) is 12.5 Å². The van der Waals surface area contributed by atoms with Gasteiger partial charge in [-0.05, 0) is 33.0 Å². The molecule has 0 aliphatic carbocycles. The van der Waals surface area contributed by atoms with Gasteiger partial charge in [0.1, 0.15) is 0 Å². The van der Waals surface area contributed by atoms with Crippen LogP contribution in [0.1, 0.15) is 30.0 Å². The fraction of sp³-hybridized carbons (Fsp3) is 0.375. The molecular formula is C16H20N6O. The number of benzene rings is 1. The molecule has 1 unspecified atom stereocenters. The molecule has 7 nitrogen and oxygen atoms in total. The van der Waals surface area contributed by atoms with E-state index in [0.29, 0.717) is 24.2 Å². The van der Waals surface area contributed by atoms with Crippen molar-refractivity contribution in [3.63, 3.8) is 0 Å². The van der Waals surface area contributed by atoms with Crippen LogP contribution in [0.4, 0.5) is 0 Å². The Kier molecular flexibility index (Phi) is 4.47. The van der Waals surface area contributed by atoms with Crippen molar-refractivity contribution >= 4 is 0 Å². The first-order valence-corrected chi connectivity index (χ1v) is 7.62. The molecule has 0 radical (unpaired) electrons. The monoisotopic (exact) mass is 312 g/mol. The van der Waals surface area contributed by atoms with Crippen molar-refractivity contribution in [1.82, 2.24) is 30.5 Å². The van der Waals surface area contributed by atoms with E-state index in [9.17, 15) is 0 Å². The number of rotatable bonds is 6. The van der Waals surface area contributed by atoms with Crippen LogP contribution in [0.15, 0.2) is 34.9 Å². The second kappa shape index (κ2) is 6.70.